The number of allylic oxidation sites excluding steroid dienone is 6. The van der Waals surface area contributed by atoms with E-state index in [2.05, 4.69) is 57.2 Å². The Hall–Kier alpha value is -2.37. The van der Waals surface area contributed by atoms with Crippen LogP contribution in [0.15, 0.2) is 36.5 Å². The Bertz CT molecular complexity index is 1020. The molecule has 0 aliphatic rings. The van der Waals surface area contributed by atoms with Crippen molar-refractivity contribution in [2.45, 2.75) is 277 Å². The molecule has 0 aromatic heterocycles. The lowest BCUT2D eigenvalue weighted by Gasteiger charge is -2.18. The second kappa shape index (κ2) is 49.3. The van der Waals surface area contributed by atoms with Gasteiger partial charge < -0.3 is 14.2 Å². The number of unbranched alkanes of at least 4 members (excludes halogenated alkanes) is 31. The van der Waals surface area contributed by atoms with Crippen molar-refractivity contribution in [2.75, 3.05) is 13.2 Å². The number of rotatable bonds is 47. The van der Waals surface area contributed by atoms with Gasteiger partial charge >= 0.3 is 17.9 Å². The molecule has 0 aliphatic carbocycles. The van der Waals surface area contributed by atoms with E-state index in [1.54, 1.807) is 0 Å². The van der Waals surface area contributed by atoms with Crippen LogP contribution in [0.4, 0.5) is 0 Å². The number of carbonyl (C=O) groups excluding carboxylic acids is 3. The summed E-state index contributed by atoms with van der Waals surface area (Å²) in [5, 5.41) is 0. The minimum Gasteiger partial charge on any atom is -0.462 e. The quantitative estimate of drug-likeness (QED) is 0.0200. The number of ether oxygens (including phenoxy) is 3. The van der Waals surface area contributed by atoms with Crippen LogP contribution in [0.1, 0.15) is 271 Å². The summed E-state index contributed by atoms with van der Waals surface area (Å²) >= 11 is 0. The number of hydrogen-bond donors (Lipinski definition) is 0. The van der Waals surface area contributed by atoms with Gasteiger partial charge in [0.05, 0.1) is 0 Å². The molecule has 350 valence electrons. The van der Waals surface area contributed by atoms with Crippen molar-refractivity contribution < 1.29 is 28.6 Å². The first kappa shape index (κ1) is 57.6. The molecule has 6 nitrogen and oxygen atoms in total. The summed E-state index contributed by atoms with van der Waals surface area (Å²) in [6.45, 7) is 6.58. The smallest absolute Gasteiger partial charge is 0.306 e. The van der Waals surface area contributed by atoms with Gasteiger partial charge in [-0.2, -0.15) is 0 Å². The maximum atomic E-state index is 12.8. The van der Waals surface area contributed by atoms with Crippen LogP contribution in [0.5, 0.6) is 0 Å². The summed E-state index contributed by atoms with van der Waals surface area (Å²) < 4.78 is 16.8. The van der Waals surface area contributed by atoms with Gasteiger partial charge in [-0.05, 0) is 64.2 Å². The average Bonchev–Trinajstić information content (AvgIpc) is 3.24. The summed E-state index contributed by atoms with van der Waals surface area (Å²) in [6.07, 6.45) is 57.0. The SMILES string of the molecule is CCCC/C=C\CCCCCCCC(=O)OCC(COC(=O)CCCCC/C=C\C=C/CCCCCCCCC)OC(=O)CCCCCCCCCCCCCCCCC. The molecule has 0 fully saturated rings. The summed E-state index contributed by atoms with van der Waals surface area (Å²) in [4.78, 5) is 37.9. The van der Waals surface area contributed by atoms with Crippen LogP contribution in [-0.2, 0) is 28.6 Å². The molecule has 0 saturated carbocycles. The summed E-state index contributed by atoms with van der Waals surface area (Å²) in [5.41, 5.74) is 0. The van der Waals surface area contributed by atoms with E-state index in [1.165, 1.54) is 154 Å². The number of esters is 3. The second-order valence-electron chi connectivity index (χ2n) is 17.5. The normalized spacial score (nSPS) is 12.2. The van der Waals surface area contributed by atoms with E-state index in [-0.39, 0.29) is 31.1 Å². The predicted octanol–water partition coefficient (Wildman–Crippen LogP) is 16.9. The van der Waals surface area contributed by atoms with Crippen LogP contribution in [-0.4, -0.2) is 37.2 Å². The molecular formula is C54H98O6. The van der Waals surface area contributed by atoms with Gasteiger partial charge in [-0.25, -0.2) is 0 Å². The molecule has 0 aliphatic heterocycles. The van der Waals surface area contributed by atoms with Crippen molar-refractivity contribution in [3.05, 3.63) is 36.5 Å². The van der Waals surface area contributed by atoms with Gasteiger partial charge in [-0.3, -0.25) is 14.4 Å². The molecule has 0 radical (unpaired) electrons. The lowest BCUT2D eigenvalue weighted by atomic mass is 10.0. The molecule has 0 saturated heterocycles. The summed E-state index contributed by atoms with van der Waals surface area (Å²) in [6, 6.07) is 0. The van der Waals surface area contributed by atoms with E-state index >= 15 is 0 Å². The van der Waals surface area contributed by atoms with Crippen LogP contribution in [0.2, 0.25) is 0 Å². The molecule has 0 bridgehead atoms. The van der Waals surface area contributed by atoms with Crippen molar-refractivity contribution in [1.82, 2.24) is 0 Å². The van der Waals surface area contributed by atoms with E-state index in [9.17, 15) is 14.4 Å². The highest BCUT2D eigenvalue weighted by Gasteiger charge is 2.19. The third kappa shape index (κ3) is 46.7. The van der Waals surface area contributed by atoms with Crippen molar-refractivity contribution >= 4 is 17.9 Å². The van der Waals surface area contributed by atoms with E-state index in [1.807, 2.05) is 0 Å². The lowest BCUT2D eigenvalue weighted by Crippen LogP contribution is -2.30. The zero-order valence-electron chi connectivity index (χ0n) is 40.0. The highest BCUT2D eigenvalue weighted by atomic mass is 16.6. The number of hydrogen-bond acceptors (Lipinski definition) is 6. The van der Waals surface area contributed by atoms with Crippen molar-refractivity contribution in [3.63, 3.8) is 0 Å². The van der Waals surface area contributed by atoms with E-state index < -0.39 is 6.10 Å². The largest absolute Gasteiger partial charge is 0.462 e. The molecular weight excluding hydrogens is 745 g/mol. The standard InChI is InChI=1S/C54H98O6/c1-4-7-10-13-16-19-22-24-26-28-29-32-35-38-41-44-47-53(56)59-50-51(49-58-52(55)46-43-40-37-34-31-21-18-15-12-9-6-3)60-54(57)48-45-42-39-36-33-30-27-25-23-20-17-14-11-8-5-2/h15,18,26,28-29,32,51H,4-14,16-17,19-25,27,30-31,33-50H2,1-3H3/b18-15-,28-26-,32-29-. The Kier molecular flexibility index (Phi) is 47.3. The van der Waals surface area contributed by atoms with Crippen LogP contribution >= 0.6 is 0 Å². The van der Waals surface area contributed by atoms with Gasteiger partial charge in [0.2, 0.25) is 0 Å². The average molecular weight is 843 g/mol. The topological polar surface area (TPSA) is 78.9 Å². The molecule has 60 heavy (non-hydrogen) atoms. The van der Waals surface area contributed by atoms with Crippen LogP contribution in [0.3, 0.4) is 0 Å². The van der Waals surface area contributed by atoms with E-state index in [4.69, 9.17) is 14.2 Å². The van der Waals surface area contributed by atoms with Gasteiger partial charge in [-0.15, -0.1) is 0 Å². The Morgan fingerprint density at radius 1 is 0.333 bits per heavy atom. The van der Waals surface area contributed by atoms with Crippen LogP contribution < -0.4 is 0 Å². The Balaban J connectivity index is 4.38. The maximum Gasteiger partial charge on any atom is 0.306 e. The monoisotopic (exact) mass is 843 g/mol. The van der Waals surface area contributed by atoms with E-state index in [0.717, 1.165) is 77.0 Å². The van der Waals surface area contributed by atoms with Gasteiger partial charge in [0.15, 0.2) is 6.10 Å². The van der Waals surface area contributed by atoms with Gasteiger partial charge in [-0.1, -0.05) is 224 Å². The van der Waals surface area contributed by atoms with Gasteiger partial charge in [0.1, 0.15) is 13.2 Å². The molecule has 6 heteroatoms. The Labute approximate surface area is 372 Å². The second-order valence-corrected chi connectivity index (χ2v) is 17.5. The fourth-order valence-corrected chi connectivity index (χ4v) is 7.41. The van der Waals surface area contributed by atoms with Crippen molar-refractivity contribution in [2.24, 2.45) is 0 Å². The van der Waals surface area contributed by atoms with Crippen LogP contribution in [0, 0.1) is 0 Å². The summed E-state index contributed by atoms with van der Waals surface area (Å²) in [7, 11) is 0. The fraction of sp³-hybridized carbons (Fsp3) is 0.833. The lowest BCUT2D eigenvalue weighted by molar-refractivity contribution is -0.167. The minimum atomic E-state index is -0.781. The highest BCUT2D eigenvalue weighted by Crippen LogP contribution is 2.15. The third-order valence-corrected chi connectivity index (χ3v) is 11.4. The first-order chi connectivity index (χ1) is 29.5. The van der Waals surface area contributed by atoms with Gasteiger partial charge in [0.25, 0.3) is 0 Å². The maximum absolute atomic E-state index is 12.8. The fourth-order valence-electron chi connectivity index (χ4n) is 7.41. The minimum absolute atomic E-state index is 0.0824. The molecule has 0 N–H and O–H groups in total. The van der Waals surface area contributed by atoms with Crippen molar-refractivity contribution in [3.8, 4) is 0 Å². The zero-order chi connectivity index (χ0) is 43.7. The third-order valence-electron chi connectivity index (χ3n) is 11.4. The molecule has 0 rings (SSSR count). The van der Waals surface area contributed by atoms with E-state index in [0.29, 0.717) is 19.3 Å². The summed E-state index contributed by atoms with van der Waals surface area (Å²) in [5.74, 6) is -0.908. The first-order valence-corrected chi connectivity index (χ1v) is 26.0. The number of carbonyl (C=O) groups is 3. The molecule has 0 amide bonds. The molecule has 0 aromatic rings. The Morgan fingerprint density at radius 2 is 0.617 bits per heavy atom. The highest BCUT2D eigenvalue weighted by molar-refractivity contribution is 5.71. The first-order valence-electron chi connectivity index (χ1n) is 26.0. The van der Waals surface area contributed by atoms with Crippen LogP contribution in [0.25, 0.3) is 0 Å². The van der Waals surface area contributed by atoms with Gasteiger partial charge in [0, 0.05) is 19.3 Å². The van der Waals surface area contributed by atoms with Crippen molar-refractivity contribution in [1.29, 1.82) is 0 Å². The molecule has 1 unspecified atom stereocenters. The zero-order valence-corrected chi connectivity index (χ0v) is 40.0. The molecule has 0 heterocycles. The Morgan fingerprint density at radius 3 is 1.00 bits per heavy atom. The predicted molar refractivity (Wildman–Crippen MR) is 256 cm³/mol. The molecule has 1 atom stereocenters. The molecule has 0 spiro atoms. The molecule has 0 aromatic carbocycles.